The summed E-state index contributed by atoms with van der Waals surface area (Å²) in [6.45, 7) is 6.09. The van der Waals surface area contributed by atoms with Crippen LogP contribution in [0.1, 0.15) is 40.7 Å². The summed E-state index contributed by atoms with van der Waals surface area (Å²) in [5.74, 6) is 0. The van der Waals surface area contributed by atoms with Gasteiger partial charge in [0.15, 0.2) is 0 Å². The van der Waals surface area contributed by atoms with Gasteiger partial charge in [-0.25, -0.2) is 5.43 Å². The van der Waals surface area contributed by atoms with Crippen LogP contribution in [-0.2, 0) is 19.4 Å². The van der Waals surface area contributed by atoms with Crippen molar-refractivity contribution in [2.24, 2.45) is 0 Å². The fourth-order valence-corrected chi connectivity index (χ4v) is 4.35. The van der Waals surface area contributed by atoms with E-state index in [0.717, 1.165) is 38.3 Å². The maximum absolute atomic E-state index is 4.91. The highest BCUT2D eigenvalue weighted by atomic mass is 15.6. The van der Waals surface area contributed by atoms with E-state index in [2.05, 4.69) is 51.5 Å². The molecule has 0 spiro atoms. The molecule has 2 aliphatic heterocycles. The molecule has 0 saturated carbocycles. The van der Waals surface area contributed by atoms with E-state index in [-0.39, 0.29) is 6.04 Å². The molecule has 5 heteroatoms. The summed E-state index contributed by atoms with van der Waals surface area (Å²) in [4.78, 5) is 12.0. The second-order valence-electron chi connectivity index (χ2n) is 7.59. The molecule has 2 aromatic rings. The van der Waals surface area contributed by atoms with Crippen LogP contribution >= 0.6 is 0 Å². The third kappa shape index (κ3) is 2.91. The van der Waals surface area contributed by atoms with Crippen LogP contribution in [0.5, 0.6) is 0 Å². The van der Waals surface area contributed by atoms with Gasteiger partial charge >= 0.3 is 0 Å². The van der Waals surface area contributed by atoms with E-state index in [1.54, 1.807) is 0 Å². The van der Waals surface area contributed by atoms with Crippen LogP contribution in [0.15, 0.2) is 42.2 Å². The van der Waals surface area contributed by atoms with Crippen molar-refractivity contribution < 1.29 is 0 Å². The van der Waals surface area contributed by atoms with Crippen molar-refractivity contribution in [3.63, 3.8) is 0 Å². The van der Waals surface area contributed by atoms with Crippen molar-refractivity contribution >= 4 is 0 Å². The minimum absolute atomic E-state index is 0.185. The number of hydrazine groups is 1. The van der Waals surface area contributed by atoms with Gasteiger partial charge < -0.3 is 5.01 Å². The zero-order chi connectivity index (χ0) is 17.5. The fourth-order valence-electron chi connectivity index (χ4n) is 4.35. The SMILES string of the molecule is Cc1cccnc1C1C=C2CN(Cc3ccc4c(n3)CCC4)CCN2N1. The predicted molar refractivity (Wildman–Crippen MR) is 101 cm³/mol. The average molecular weight is 347 g/mol. The fraction of sp³-hybridized carbons (Fsp3) is 0.429. The monoisotopic (exact) mass is 347 g/mol. The lowest BCUT2D eigenvalue weighted by atomic mass is 10.1. The third-order valence-corrected chi connectivity index (χ3v) is 5.74. The number of rotatable bonds is 3. The minimum atomic E-state index is 0.185. The number of aromatic nitrogens is 2. The molecule has 0 bridgehead atoms. The largest absolute Gasteiger partial charge is 0.309 e. The molecule has 134 valence electrons. The molecule has 1 fully saturated rings. The number of aryl methyl sites for hydroxylation is 3. The van der Waals surface area contributed by atoms with Crippen LogP contribution in [0.25, 0.3) is 0 Å². The summed E-state index contributed by atoms with van der Waals surface area (Å²) < 4.78 is 0. The van der Waals surface area contributed by atoms with E-state index in [4.69, 9.17) is 4.98 Å². The number of nitrogens with one attached hydrogen (secondary N) is 1. The van der Waals surface area contributed by atoms with Crippen molar-refractivity contribution in [1.82, 2.24) is 25.3 Å². The number of nitrogens with zero attached hydrogens (tertiary/aromatic N) is 4. The quantitative estimate of drug-likeness (QED) is 0.924. The highest BCUT2D eigenvalue weighted by Gasteiger charge is 2.30. The number of fused-ring (bicyclic) bond motifs is 2. The van der Waals surface area contributed by atoms with Crippen LogP contribution in [0, 0.1) is 6.92 Å². The molecule has 1 atom stereocenters. The molecular weight excluding hydrogens is 322 g/mol. The topological polar surface area (TPSA) is 44.3 Å². The lowest BCUT2D eigenvalue weighted by Gasteiger charge is -2.35. The zero-order valence-electron chi connectivity index (χ0n) is 15.3. The van der Waals surface area contributed by atoms with E-state index >= 15 is 0 Å². The minimum Gasteiger partial charge on any atom is -0.309 e. The van der Waals surface area contributed by atoms with Gasteiger partial charge in [0.1, 0.15) is 0 Å². The van der Waals surface area contributed by atoms with E-state index in [1.165, 1.54) is 41.1 Å². The molecular formula is C21H25N5. The molecule has 0 aromatic carbocycles. The molecule has 2 aromatic heterocycles. The van der Waals surface area contributed by atoms with E-state index in [9.17, 15) is 0 Å². The van der Waals surface area contributed by atoms with Gasteiger partial charge in [-0.15, -0.1) is 0 Å². The van der Waals surface area contributed by atoms with Crippen LogP contribution < -0.4 is 5.43 Å². The van der Waals surface area contributed by atoms with Crippen LogP contribution in [0.2, 0.25) is 0 Å². The Kier molecular flexibility index (Phi) is 3.98. The van der Waals surface area contributed by atoms with Gasteiger partial charge in [0, 0.05) is 43.8 Å². The van der Waals surface area contributed by atoms with E-state index < -0.39 is 0 Å². The molecule has 5 rings (SSSR count). The molecule has 0 radical (unpaired) electrons. The Morgan fingerprint density at radius 2 is 2.15 bits per heavy atom. The Morgan fingerprint density at radius 3 is 3.08 bits per heavy atom. The average Bonchev–Trinajstić information content (AvgIpc) is 3.27. The van der Waals surface area contributed by atoms with Crippen molar-refractivity contribution in [1.29, 1.82) is 0 Å². The first-order valence-corrected chi connectivity index (χ1v) is 9.62. The number of pyridine rings is 2. The summed E-state index contributed by atoms with van der Waals surface area (Å²) in [5.41, 5.74) is 11.3. The first kappa shape index (κ1) is 16.0. The van der Waals surface area contributed by atoms with E-state index in [0.29, 0.717) is 0 Å². The highest BCUT2D eigenvalue weighted by Crippen LogP contribution is 2.28. The van der Waals surface area contributed by atoms with Gasteiger partial charge in [0.2, 0.25) is 0 Å². The normalized spacial score (nSPS) is 22.3. The van der Waals surface area contributed by atoms with Crippen molar-refractivity contribution in [2.75, 3.05) is 19.6 Å². The molecule has 1 saturated heterocycles. The van der Waals surface area contributed by atoms with Gasteiger partial charge in [0.05, 0.1) is 17.4 Å². The number of hydrogen-bond acceptors (Lipinski definition) is 5. The summed E-state index contributed by atoms with van der Waals surface area (Å²) in [6.07, 6.45) is 7.83. The molecule has 1 unspecified atom stereocenters. The Hall–Kier alpha value is -2.24. The lowest BCUT2D eigenvalue weighted by Crippen LogP contribution is -2.47. The second-order valence-corrected chi connectivity index (χ2v) is 7.59. The van der Waals surface area contributed by atoms with Gasteiger partial charge in [-0.3, -0.25) is 14.9 Å². The van der Waals surface area contributed by atoms with Crippen molar-refractivity contribution in [2.45, 2.75) is 38.8 Å². The second kappa shape index (κ2) is 6.49. The Morgan fingerprint density at radius 1 is 1.19 bits per heavy atom. The molecule has 26 heavy (non-hydrogen) atoms. The summed E-state index contributed by atoms with van der Waals surface area (Å²) in [5, 5.41) is 2.30. The van der Waals surface area contributed by atoms with Crippen LogP contribution in [-0.4, -0.2) is 39.5 Å². The highest BCUT2D eigenvalue weighted by molar-refractivity contribution is 5.30. The molecule has 4 heterocycles. The predicted octanol–water partition coefficient (Wildman–Crippen LogP) is 2.53. The summed E-state index contributed by atoms with van der Waals surface area (Å²) in [7, 11) is 0. The van der Waals surface area contributed by atoms with Gasteiger partial charge in [-0.2, -0.15) is 0 Å². The van der Waals surface area contributed by atoms with Crippen LogP contribution in [0.4, 0.5) is 0 Å². The molecule has 1 N–H and O–H groups in total. The smallest absolute Gasteiger partial charge is 0.0887 e. The van der Waals surface area contributed by atoms with Gasteiger partial charge in [0.25, 0.3) is 0 Å². The standard InChI is InChI=1S/C21H25N5/c1-15-4-3-9-22-21(15)20-12-18-14-25(10-11-26(18)24-20)13-17-8-7-16-5-2-6-19(16)23-17/h3-4,7-9,12,20,24H,2,5-6,10-11,13-14H2,1H3. The van der Waals surface area contributed by atoms with E-state index in [1.807, 2.05) is 12.3 Å². The lowest BCUT2D eigenvalue weighted by molar-refractivity contribution is 0.138. The molecule has 1 aliphatic carbocycles. The van der Waals surface area contributed by atoms with Gasteiger partial charge in [-0.1, -0.05) is 12.1 Å². The Balaban J connectivity index is 1.30. The third-order valence-electron chi connectivity index (χ3n) is 5.74. The molecule has 5 nitrogen and oxygen atoms in total. The maximum Gasteiger partial charge on any atom is 0.0887 e. The zero-order valence-corrected chi connectivity index (χ0v) is 15.3. The van der Waals surface area contributed by atoms with Crippen molar-refractivity contribution in [3.8, 4) is 0 Å². The summed E-state index contributed by atoms with van der Waals surface area (Å²) >= 11 is 0. The number of hydrogen-bond donors (Lipinski definition) is 1. The molecule has 3 aliphatic rings. The number of piperazine rings is 1. The van der Waals surface area contributed by atoms with Crippen LogP contribution in [0.3, 0.4) is 0 Å². The first-order valence-electron chi connectivity index (χ1n) is 9.62. The van der Waals surface area contributed by atoms with Gasteiger partial charge in [-0.05, 0) is 55.5 Å². The Bertz CT molecular complexity index is 859. The summed E-state index contributed by atoms with van der Waals surface area (Å²) in [6, 6.07) is 8.82. The maximum atomic E-state index is 4.91. The molecule has 0 amide bonds. The first-order chi connectivity index (χ1) is 12.8. The Labute approximate surface area is 154 Å². The van der Waals surface area contributed by atoms with Crippen molar-refractivity contribution in [3.05, 3.63) is 70.4 Å².